The molecule has 2 aromatic heterocycles. The number of benzene rings is 1. The van der Waals surface area contributed by atoms with Crippen molar-refractivity contribution in [1.82, 2.24) is 4.98 Å². The Morgan fingerprint density at radius 1 is 1.18 bits per heavy atom. The van der Waals surface area contributed by atoms with Crippen molar-refractivity contribution in [3.05, 3.63) is 64.6 Å². The van der Waals surface area contributed by atoms with E-state index in [-0.39, 0.29) is 6.10 Å². The quantitative estimate of drug-likeness (QED) is 0.554. The first-order valence-electron chi connectivity index (χ1n) is 7.85. The number of nitrogens with zero attached hydrogens (tertiary/aromatic N) is 1. The van der Waals surface area contributed by atoms with Gasteiger partial charge in [0.25, 0.3) is 0 Å². The Bertz CT molecular complexity index is 703. The Morgan fingerprint density at radius 2 is 2.14 bits per heavy atom. The second-order valence-corrected chi connectivity index (χ2v) is 6.45. The first kappa shape index (κ1) is 15.2. The van der Waals surface area contributed by atoms with Gasteiger partial charge in [0, 0.05) is 22.7 Å². The molecule has 1 unspecified atom stereocenters. The number of hydrogen-bond acceptors (Lipinski definition) is 3. The molecule has 3 heteroatoms. The van der Waals surface area contributed by atoms with Crippen molar-refractivity contribution in [2.24, 2.45) is 0 Å². The Morgan fingerprint density at radius 3 is 2.95 bits per heavy atom. The molecule has 0 fully saturated rings. The van der Waals surface area contributed by atoms with Crippen LogP contribution < -0.4 is 0 Å². The molecule has 0 aliphatic rings. The van der Waals surface area contributed by atoms with Crippen molar-refractivity contribution in [3.8, 4) is 0 Å². The molecule has 114 valence electrons. The van der Waals surface area contributed by atoms with Crippen LogP contribution in [-0.2, 0) is 11.3 Å². The molecule has 0 amide bonds. The number of rotatable bonds is 7. The Hall–Kier alpha value is -1.71. The lowest BCUT2D eigenvalue weighted by molar-refractivity contribution is 0.0354. The van der Waals surface area contributed by atoms with E-state index in [0.717, 1.165) is 6.42 Å². The summed E-state index contributed by atoms with van der Waals surface area (Å²) in [6, 6.07) is 12.7. The molecular formula is C19H21NOS. The van der Waals surface area contributed by atoms with Crippen LogP contribution >= 0.6 is 11.3 Å². The molecule has 2 nitrogen and oxygen atoms in total. The summed E-state index contributed by atoms with van der Waals surface area (Å²) in [6.45, 7) is 2.87. The lowest BCUT2D eigenvalue weighted by Crippen LogP contribution is -2.03. The molecular weight excluding hydrogens is 290 g/mol. The topological polar surface area (TPSA) is 22.1 Å². The molecule has 2 heterocycles. The smallest absolute Gasteiger partial charge is 0.0921 e. The molecule has 0 bridgehead atoms. The first-order chi connectivity index (χ1) is 10.9. The standard InChI is InChI=1S/C19H21NOS/c1-2-3-8-18(19-9-5-12-22-19)21-14-16-7-4-6-15-13-20-11-10-17(15)16/h4-7,9-13,18H,2-3,8,14H2,1H3. The predicted octanol–water partition coefficient (Wildman–Crippen LogP) is 5.74. The van der Waals surface area contributed by atoms with Crippen molar-refractivity contribution in [2.45, 2.75) is 38.9 Å². The number of aromatic nitrogens is 1. The molecule has 22 heavy (non-hydrogen) atoms. The zero-order chi connectivity index (χ0) is 15.2. The zero-order valence-electron chi connectivity index (χ0n) is 12.9. The molecule has 1 aromatic carbocycles. The molecule has 0 saturated carbocycles. The van der Waals surface area contributed by atoms with Crippen molar-refractivity contribution in [2.75, 3.05) is 0 Å². The largest absolute Gasteiger partial charge is 0.368 e. The SMILES string of the molecule is CCCCC(OCc1cccc2cnccc12)c1cccs1. The van der Waals surface area contributed by atoms with Gasteiger partial charge >= 0.3 is 0 Å². The average molecular weight is 311 g/mol. The summed E-state index contributed by atoms with van der Waals surface area (Å²) < 4.78 is 6.27. The van der Waals surface area contributed by atoms with Gasteiger partial charge in [0.1, 0.15) is 0 Å². The second-order valence-electron chi connectivity index (χ2n) is 5.47. The first-order valence-corrected chi connectivity index (χ1v) is 8.73. The fraction of sp³-hybridized carbons (Fsp3) is 0.316. The van der Waals surface area contributed by atoms with Gasteiger partial charge in [-0.05, 0) is 34.9 Å². The fourth-order valence-electron chi connectivity index (χ4n) is 2.68. The average Bonchev–Trinajstić information content (AvgIpc) is 3.09. The number of pyridine rings is 1. The lowest BCUT2D eigenvalue weighted by atomic mass is 10.1. The summed E-state index contributed by atoms with van der Waals surface area (Å²) in [5.74, 6) is 0. The third-order valence-corrected chi connectivity index (χ3v) is 4.86. The van der Waals surface area contributed by atoms with E-state index >= 15 is 0 Å². The minimum Gasteiger partial charge on any atom is -0.368 e. The van der Waals surface area contributed by atoms with Crippen LogP contribution in [0.2, 0.25) is 0 Å². The Kier molecular flexibility index (Phi) is 5.20. The Balaban J connectivity index is 1.76. The minimum absolute atomic E-state index is 0.206. The van der Waals surface area contributed by atoms with Gasteiger partial charge in [0.05, 0.1) is 12.7 Å². The van der Waals surface area contributed by atoms with E-state index < -0.39 is 0 Å². The van der Waals surface area contributed by atoms with Crippen LogP contribution in [0, 0.1) is 0 Å². The van der Waals surface area contributed by atoms with Gasteiger partial charge in [0.2, 0.25) is 0 Å². The highest BCUT2D eigenvalue weighted by Gasteiger charge is 2.13. The number of fused-ring (bicyclic) bond motifs is 1. The highest BCUT2D eigenvalue weighted by atomic mass is 32.1. The fourth-order valence-corrected chi connectivity index (χ4v) is 3.49. The maximum Gasteiger partial charge on any atom is 0.0921 e. The summed E-state index contributed by atoms with van der Waals surface area (Å²) in [5.41, 5.74) is 1.23. The third kappa shape index (κ3) is 3.54. The highest BCUT2D eigenvalue weighted by molar-refractivity contribution is 7.10. The Labute approximate surface area is 135 Å². The maximum absolute atomic E-state index is 6.27. The lowest BCUT2D eigenvalue weighted by Gasteiger charge is -2.17. The minimum atomic E-state index is 0.206. The van der Waals surface area contributed by atoms with Crippen molar-refractivity contribution < 1.29 is 4.74 Å². The van der Waals surface area contributed by atoms with E-state index in [1.165, 1.54) is 34.1 Å². The van der Waals surface area contributed by atoms with Crippen LogP contribution in [0.25, 0.3) is 10.8 Å². The molecule has 0 aliphatic heterocycles. The summed E-state index contributed by atoms with van der Waals surface area (Å²) in [5, 5.41) is 4.53. The maximum atomic E-state index is 6.27. The predicted molar refractivity (Wildman–Crippen MR) is 93.1 cm³/mol. The number of unbranched alkanes of at least 4 members (excludes halogenated alkanes) is 1. The van der Waals surface area contributed by atoms with Crippen LogP contribution in [0.15, 0.2) is 54.2 Å². The highest BCUT2D eigenvalue weighted by Crippen LogP contribution is 2.29. The van der Waals surface area contributed by atoms with Crippen molar-refractivity contribution in [1.29, 1.82) is 0 Å². The van der Waals surface area contributed by atoms with E-state index in [1.807, 2.05) is 12.4 Å². The van der Waals surface area contributed by atoms with Gasteiger partial charge in [-0.1, -0.05) is 44.0 Å². The van der Waals surface area contributed by atoms with Gasteiger partial charge in [-0.25, -0.2) is 0 Å². The van der Waals surface area contributed by atoms with Gasteiger partial charge in [-0.2, -0.15) is 0 Å². The van der Waals surface area contributed by atoms with Crippen molar-refractivity contribution in [3.63, 3.8) is 0 Å². The van der Waals surface area contributed by atoms with Gasteiger partial charge in [-0.3, -0.25) is 4.98 Å². The summed E-state index contributed by atoms with van der Waals surface area (Å²) in [6.07, 6.45) is 7.44. The zero-order valence-corrected chi connectivity index (χ0v) is 13.7. The molecule has 3 rings (SSSR count). The number of ether oxygens (including phenoxy) is 1. The van der Waals surface area contributed by atoms with E-state index in [9.17, 15) is 0 Å². The van der Waals surface area contributed by atoms with E-state index in [0.29, 0.717) is 6.61 Å². The summed E-state index contributed by atoms with van der Waals surface area (Å²) in [7, 11) is 0. The normalized spacial score (nSPS) is 12.6. The van der Waals surface area contributed by atoms with Crippen LogP contribution in [0.3, 0.4) is 0 Å². The molecule has 0 spiro atoms. The van der Waals surface area contributed by atoms with Crippen LogP contribution in [-0.4, -0.2) is 4.98 Å². The molecule has 0 N–H and O–H groups in total. The van der Waals surface area contributed by atoms with Crippen molar-refractivity contribution >= 4 is 22.1 Å². The van der Waals surface area contributed by atoms with Crippen LogP contribution in [0.1, 0.15) is 42.7 Å². The summed E-state index contributed by atoms with van der Waals surface area (Å²) in [4.78, 5) is 5.52. The third-order valence-electron chi connectivity index (χ3n) is 3.89. The molecule has 0 radical (unpaired) electrons. The number of thiophene rings is 1. The van der Waals surface area contributed by atoms with Crippen LogP contribution in [0.5, 0.6) is 0 Å². The number of hydrogen-bond donors (Lipinski definition) is 0. The van der Waals surface area contributed by atoms with Crippen LogP contribution in [0.4, 0.5) is 0 Å². The second kappa shape index (κ2) is 7.52. The van der Waals surface area contributed by atoms with E-state index in [2.05, 4.69) is 53.7 Å². The molecule has 1 atom stereocenters. The van der Waals surface area contributed by atoms with Gasteiger partial charge in [0.15, 0.2) is 0 Å². The van der Waals surface area contributed by atoms with E-state index in [4.69, 9.17) is 4.74 Å². The van der Waals surface area contributed by atoms with E-state index in [1.54, 1.807) is 11.3 Å². The van der Waals surface area contributed by atoms with Gasteiger partial charge in [-0.15, -0.1) is 11.3 Å². The van der Waals surface area contributed by atoms with Gasteiger partial charge < -0.3 is 4.74 Å². The monoisotopic (exact) mass is 311 g/mol. The molecule has 0 saturated heterocycles. The molecule has 3 aromatic rings. The molecule has 0 aliphatic carbocycles. The summed E-state index contributed by atoms with van der Waals surface area (Å²) >= 11 is 1.79.